The lowest BCUT2D eigenvalue weighted by molar-refractivity contribution is 0.484. The molecule has 0 aliphatic heterocycles. The first kappa shape index (κ1) is 24.4. The number of hydrogen-bond donors (Lipinski definition) is 0. The van der Waals surface area contributed by atoms with Crippen LogP contribution in [0.5, 0.6) is 11.5 Å². The summed E-state index contributed by atoms with van der Waals surface area (Å²) in [6.45, 7) is 4.34. The maximum absolute atomic E-state index is 6.61. The first-order valence-corrected chi connectivity index (χ1v) is 15.1. The molecule has 5 aromatic heterocycles. The van der Waals surface area contributed by atoms with Gasteiger partial charge in [0, 0.05) is 27.7 Å². The van der Waals surface area contributed by atoms with Crippen LogP contribution in [0, 0.1) is 13.8 Å². The number of imidazole rings is 2. The maximum Gasteiger partial charge on any atom is 0.146 e. The van der Waals surface area contributed by atoms with E-state index >= 15 is 0 Å². The van der Waals surface area contributed by atoms with Crippen LogP contribution in [0.3, 0.4) is 0 Å². The third-order valence-electron chi connectivity index (χ3n) is 9.25. The quantitative estimate of drug-likeness (QED) is 0.191. The Kier molecular flexibility index (Phi) is 4.76. The molecule has 0 spiro atoms. The molecule has 10 aromatic rings. The summed E-state index contributed by atoms with van der Waals surface area (Å²) >= 11 is 0. The van der Waals surface area contributed by atoms with Crippen molar-refractivity contribution in [2.24, 2.45) is 0 Å². The van der Waals surface area contributed by atoms with Gasteiger partial charge in [0.2, 0.25) is 0 Å². The van der Waals surface area contributed by atoms with Crippen LogP contribution in [-0.4, -0.2) is 23.8 Å². The largest absolute Gasteiger partial charge is 0.457 e. The van der Waals surface area contributed by atoms with Crippen LogP contribution in [0.2, 0.25) is 0 Å². The highest BCUT2D eigenvalue weighted by Crippen LogP contribution is 2.38. The van der Waals surface area contributed by atoms with E-state index in [2.05, 4.69) is 102 Å². The van der Waals surface area contributed by atoms with Gasteiger partial charge in [-0.1, -0.05) is 24.3 Å². The van der Waals surface area contributed by atoms with Crippen molar-refractivity contribution in [3.63, 3.8) is 0 Å². The molecule has 0 bridgehead atoms. The number of nitrogens with zero attached hydrogens (tertiary/aromatic N) is 5. The Balaban J connectivity index is 1.20. The normalized spacial score (nSPS) is 12.2. The Labute approximate surface area is 256 Å². The lowest BCUT2D eigenvalue weighted by atomic mass is 10.0. The zero-order valence-electron chi connectivity index (χ0n) is 24.6. The smallest absolute Gasteiger partial charge is 0.146 e. The van der Waals surface area contributed by atoms with E-state index in [0.717, 1.165) is 83.0 Å². The minimum absolute atomic E-state index is 0.739. The molecule has 0 atom stereocenters. The van der Waals surface area contributed by atoms with Gasteiger partial charge in [-0.2, -0.15) is 0 Å². The summed E-state index contributed by atoms with van der Waals surface area (Å²) in [5.41, 5.74) is 11.6. The van der Waals surface area contributed by atoms with Crippen molar-refractivity contribution in [2.45, 2.75) is 13.8 Å². The van der Waals surface area contributed by atoms with Gasteiger partial charge in [0.05, 0.1) is 38.6 Å². The number of aromatic nitrogens is 5. The maximum atomic E-state index is 6.61. The van der Waals surface area contributed by atoms with Crippen LogP contribution >= 0.6 is 0 Å². The van der Waals surface area contributed by atoms with Crippen LogP contribution in [0.4, 0.5) is 0 Å². The summed E-state index contributed by atoms with van der Waals surface area (Å²) in [6, 6.07) is 37.8. The molecule has 0 aliphatic carbocycles. The van der Waals surface area contributed by atoms with Crippen molar-refractivity contribution in [2.75, 3.05) is 0 Å². The van der Waals surface area contributed by atoms with Gasteiger partial charge in [0.15, 0.2) is 0 Å². The van der Waals surface area contributed by atoms with Gasteiger partial charge in [-0.3, -0.25) is 13.8 Å². The van der Waals surface area contributed by atoms with Gasteiger partial charge in [0.25, 0.3) is 0 Å². The Hall–Kier alpha value is -6.01. The Bertz CT molecular complexity index is 2880. The average Bonchev–Trinajstić information content (AvgIpc) is 3.66. The van der Waals surface area contributed by atoms with E-state index in [1.807, 2.05) is 36.5 Å². The van der Waals surface area contributed by atoms with E-state index in [4.69, 9.17) is 19.7 Å². The first-order chi connectivity index (χ1) is 22.1. The van der Waals surface area contributed by atoms with Crippen molar-refractivity contribution in [1.29, 1.82) is 0 Å². The summed E-state index contributed by atoms with van der Waals surface area (Å²) in [5.74, 6) is 1.49. The van der Waals surface area contributed by atoms with E-state index in [1.54, 1.807) is 0 Å². The molecule has 0 amide bonds. The van der Waals surface area contributed by atoms with Crippen molar-refractivity contribution >= 4 is 76.8 Å². The molecule has 10 rings (SSSR count). The molecule has 0 fully saturated rings. The first-order valence-electron chi connectivity index (χ1n) is 15.1. The van der Waals surface area contributed by atoms with Crippen LogP contribution in [0.15, 0.2) is 115 Å². The van der Waals surface area contributed by atoms with Gasteiger partial charge >= 0.3 is 0 Å². The molecule has 0 N–H and O–H groups in total. The van der Waals surface area contributed by atoms with E-state index in [-0.39, 0.29) is 0 Å². The highest BCUT2D eigenvalue weighted by Gasteiger charge is 2.17. The Morgan fingerprint density at radius 1 is 0.489 bits per heavy atom. The predicted octanol–water partition coefficient (Wildman–Crippen LogP) is 9.71. The van der Waals surface area contributed by atoms with E-state index in [0.29, 0.717) is 0 Å². The fourth-order valence-electron chi connectivity index (χ4n) is 7.01. The van der Waals surface area contributed by atoms with Crippen molar-refractivity contribution in [3.8, 4) is 11.5 Å². The second-order valence-corrected chi connectivity index (χ2v) is 11.9. The molecule has 0 radical (unpaired) electrons. The molecule has 0 aliphatic rings. The van der Waals surface area contributed by atoms with Crippen LogP contribution < -0.4 is 4.74 Å². The minimum atomic E-state index is 0.739. The second-order valence-electron chi connectivity index (χ2n) is 11.9. The summed E-state index contributed by atoms with van der Waals surface area (Å²) in [5, 5.41) is 5.45. The van der Waals surface area contributed by atoms with E-state index < -0.39 is 0 Å². The van der Waals surface area contributed by atoms with Gasteiger partial charge in [-0.25, -0.2) is 9.97 Å². The predicted molar refractivity (Wildman–Crippen MR) is 183 cm³/mol. The molecule has 6 heteroatoms. The lowest BCUT2D eigenvalue weighted by Crippen LogP contribution is -1.95. The van der Waals surface area contributed by atoms with Gasteiger partial charge in [-0.05, 0) is 115 Å². The van der Waals surface area contributed by atoms with E-state index in [9.17, 15) is 0 Å². The molecule has 5 aromatic carbocycles. The minimum Gasteiger partial charge on any atom is -0.457 e. The average molecular weight is 580 g/mol. The number of rotatable bonds is 2. The number of para-hydroxylation sites is 4. The third kappa shape index (κ3) is 3.36. The number of benzene rings is 5. The highest BCUT2D eigenvalue weighted by atomic mass is 16.5. The summed E-state index contributed by atoms with van der Waals surface area (Å²) in [6.07, 6.45) is 1.85. The SMILES string of the molecule is Cc1cc2c3ccc(Oc4ccc5c(c4)c4nc6ccccc6n4c4cccnc54)cc3c3nc4ccccc4n3c2cc1C. The van der Waals surface area contributed by atoms with Crippen molar-refractivity contribution in [3.05, 3.63) is 127 Å². The van der Waals surface area contributed by atoms with Gasteiger partial charge in [-0.15, -0.1) is 0 Å². The summed E-state index contributed by atoms with van der Waals surface area (Å²) < 4.78 is 11.1. The molecule has 212 valence electrons. The molecule has 0 saturated carbocycles. The fourth-order valence-corrected chi connectivity index (χ4v) is 7.01. The number of fused-ring (bicyclic) bond motifs is 16. The molecular weight excluding hydrogens is 554 g/mol. The third-order valence-corrected chi connectivity index (χ3v) is 9.25. The molecule has 45 heavy (non-hydrogen) atoms. The standard InChI is InChI=1S/C39H25N5O/c1-22-18-28-26-15-13-24(20-29(26)38-41-32-9-4-6-11-34(32)44(38)36(28)19-23(22)2)45-25-14-16-27-30(21-25)39-42-31-8-3-5-10-33(31)43(39)35-12-7-17-40-37(27)35/h3-21H,1-2H3. The van der Waals surface area contributed by atoms with E-state index in [1.165, 1.54) is 16.5 Å². The monoisotopic (exact) mass is 579 g/mol. The molecule has 0 unspecified atom stereocenters. The van der Waals surface area contributed by atoms with Crippen LogP contribution in [0.25, 0.3) is 76.8 Å². The number of pyridine rings is 3. The molecule has 6 nitrogen and oxygen atoms in total. The fraction of sp³-hybridized carbons (Fsp3) is 0.0513. The summed E-state index contributed by atoms with van der Waals surface area (Å²) in [7, 11) is 0. The Morgan fingerprint density at radius 2 is 1.07 bits per heavy atom. The number of hydrogen-bond acceptors (Lipinski definition) is 4. The molecule has 5 heterocycles. The van der Waals surface area contributed by atoms with Crippen molar-refractivity contribution in [1.82, 2.24) is 23.8 Å². The zero-order valence-corrected chi connectivity index (χ0v) is 24.6. The lowest BCUT2D eigenvalue weighted by Gasteiger charge is -2.14. The number of aryl methyl sites for hydroxylation is 2. The van der Waals surface area contributed by atoms with Crippen LogP contribution in [0.1, 0.15) is 11.1 Å². The molecular formula is C39H25N5O. The number of ether oxygens (including phenoxy) is 1. The van der Waals surface area contributed by atoms with Gasteiger partial charge in [0.1, 0.15) is 22.8 Å². The topological polar surface area (TPSA) is 56.7 Å². The van der Waals surface area contributed by atoms with Crippen molar-refractivity contribution < 1.29 is 4.74 Å². The summed E-state index contributed by atoms with van der Waals surface area (Å²) in [4.78, 5) is 14.9. The zero-order chi connectivity index (χ0) is 29.8. The Morgan fingerprint density at radius 3 is 1.78 bits per heavy atom. The second kappa shape index (κ2) is 8.77. The van der Waals surface area contributed by atoms with Gasteiger partial charge < -0.3 is 4.74 Å². The highest BCUT2D eigenvalue weighted by molar-refractivity contribution is 6.15. The molecule has 0 saturated heterocycles. The van der Waals surface area contributed by atoms with Crippen LogP contribution in [-0.2, 0) is 0 Å².